The molecule has 7 heteroatoms. The monoisotopic (exact) mass is 329 g/mol. The Bertz CT molecular complexity index is 799. The van der Waals surface area contributed by atoms with Crippen LogP contribution in [0.3, 0.4) is 0 Å². The third kappa shape index (κ3) is 2.91. The summed E-state index contributed by atoms with van der Waals surface area (Å²) in [6.45, 7) is 4.83. The van der Waals surface area contributed by atoms with Gasteiger partial charge in [0.15, 0.2) is 11.6 Å². The van der Waals surface area contributed by atoms with Crippen molar-refractivity contribution in [1.29, 1.82) is 0 Å². The zero-order valence-corrected chi connectivity index (χ0v) is 13.5. The molecule has 0 aliphatic heterocycles. The van der Waals surface area contributed by atoms with Crippen molar-refractivity contribution in [3.05, 3.63) is 53.0 Å². The first-order valence-electron chi connectivity index (χ1n) is 6.64. The van der Waals surface area contributed by atoms with Gasteiger partial charge >= 0.3 is 0 Å². The van der Waals surface area contributed by atoms with E-state index < -0.39 is 27.7 Å². The molecule has 1 aromatic heterocycles. The fourth-order valence-corrected chi connectivity index (χ4v) is 3.78. The van der Waals surface area contributed by atoms with E-state index >= 15 is 0 Å². The fourth-order valence-electron chi connectivity index (χ4n) is 2.21. The maximum atomic E-state index is 13.3. The summed E-state index contributed by atoms with van der Waals surface area (Å²) in [7, 11) is -2.40. The summed E-state index contributed by atoms with van der Waals surface area (Å²) in [5.74, 6) is -1.19. The second-order valence-electron chi connectivity index (χ2n) is 5.15. The molecule has 120 valence electrons. The van der Waals surface area contributed by atoms with Crippen LogP contribution in [0.2, 0.25) is 0 Å². The fraction of sp³-hybridized carbons (Fsp3) is 0.333. The van der Waals surface area contributed by atoms with Gasteiger partial charge in [-0.25, -0.2) is 17.2 Å². The Morgan fingerprint density at radius 3 is 2.27 bits per heavy atom. The number of furan rings is 1. The molecule has 1 heterocycles. The van der Waals surface area contributed by atoms with E-state index in [-0.39, 0.29) is 4.90 Å². The molecule has 4 nitrogen and oxygen atoms in total. The lowest BCUT2D eigenvalue weighted by atomic mass is 10.1. The number of aryl methyl sites for hydroxylation is 2. The molecular formula is C15H17F2NO3S. The number of halogens is 2. The predicted octanol–water partition coefficient (Wildman–Crippen LogP) is 3.56. The first-order valence-corrected chi connectivity index (χ1v) is 8.08. The Balaban J connectivity index is 2.39. The van der Waals surface area contributed by atoms with E-state index in [4.69, 9.17) is 4.42 Å². The minimum atomic E-state index is -3.80. The second kappa shape index (κ2) is 5.81. The zero-order chi connectivity index (χ0) is 16.7. The molecule has 0 saturated heterocycles. The molecule has 0 bridgehead atoms. The average molecular weight is 329 g/mol. The summed E-state index contributed by atoms with van der Waals surface area (Å²) in [4.78, 5) is 0.0712. The van der Waals surface area contributed by atoms with Gasteiger partial charge in [-0.15, -0.1) is 0 Å². The molecule has 22 heavy (non-hydrogen) atoms. The standard InChI is InChI=1S/C15H17F2NO3S/c1-9-7-15(11(3)21-9)22(19,20)18(4)10(2)12-5-6-13(16)14(17)8-12/h5-8,10H,1-4H3. The van der Waals surface area contributed by atoms with E-state index in [2.05, 4.69) is 0 Å². The van der Waals surface area contributed by atoms with Crippen LogP contribution >= 0.6 is 0 Å². The molecule has 0 aliphatic carbocycles. The molecule has 2 aromatic rings. The van der Waals surface area contributed by atoms with E-state index in [1.54, 1.807) is 20.8 Å². The predicted molar refractivity (Wildman–Crippen MR) is 77.9 cm³/mol. The summed E-state index contributed by atoms with van der Waals surface area (Å²) in [5.41, 5.74) is 0.364. The quantitative estimate of drug-likeness (QED) is 0.862. The van der Waals surface area contributed by atoms with E-state index in [9.17, 15) is 17.2 Å². The van der Waals surface area contributed by atoms with Crippen LogP contribution in [-0.4, -0.2) is 19.8 Å². The van der Waals surface area contributed by atoms with Crippen molar-refractivity contribution in [1.82, 2.24) is 4.31 Å². The van der Waals surface area contributed by atoms with E-state index in [0.29, 0.717) is 17.1 Å². The lowest BCUT2D eigenvalue weighted by molar-refractivity contribution is 0.394. The lowest BCUT2D eigenvalue weighted by Gasteiger charge is -2.24. The topological polar surface area (TPSA) is 50.5 Å². The van der Waals surface area contributed by atoms with E-state index in [1.165, 1.54) is 19.2 Å². The first kappa shape index (κ1) is 16.6. The van der Waals surface area contributed by atoms with E-state index in [1.807, 2.05) is 0 Å². The minimum Gasteiger partial charge on any atom is -0.465 e. The van der Waals surface area contributed by atoms with Crippen molar-refractivity contribution >= 4 is 10.0 Å². The summed E-state index contributed by atoms with van der Waals surface area (Å²) in [6, 6.07) is 4.13. The maximum absolute atomic E-state index is 13.3. The molecule has 1 aromatic carbocycles. The van der Waals surface area contributed by atoms with Gasteiger partial charge in [-0.1, -0.05) is 6.07 Å². The summed E-state index contributed by atoms with van der Waals surface area (Å²) < 4.78 is 58.0. The minimum absolute atomic E-state index is 0.0712. The van der Waals surface area contributed by atoms with Crippen LogP contribution in [0.4, 0.5) is 8.78 Å². The highest BCUT2D eigenvalue weighted by Crippen LogP contribution is 2.29. The van der Waals surface area contributed by atoms with Crippen LogP contribution in [0.5, 0.6) is 0 Å². The Labute approximate surface area is 128 Å². The Morgan fingerprint density at radius 1 is 1.14 bits per heavy atom. The first-order chi connectivity index (χ1) is 10.1. The van der Waals surface area contributed by atoms with Crippen LogP contribution in [0.15, 0.2) is 33.6 Å². The Morgan fingerprint density at radius 2 is 1.77 bits per heavy atom. The van der Waals surface area contributed by atoms with Crippen molar-refractivity contribution in [2.75, 3.05) is 7.05 Å². The SMILES string of the molecule is Cc1cc(S(=O)(=O)N(C)C(C)c2ccc(F)c(F)c2)c(C)o1. The molecule has 1 unspecified atom stereocenters. The van der Waals surface area contributed by atoms with Crippen LogP contribution in [0, 0.1) is 25.5 Å². The lowest BCUT2D eigenvalue weighted by Crippen LogP contribution is -2.30. The largest absolute Gasteiger partial charge is 0.465 e. The third-order valence-electron chi connectivity index (χ3n) is 3.62. The molecule has 0 spiro atoms. The van der Waals surface area contributed by atoms with Gasteiger partial charge in [0.25, 0.3) is 0 Å². The summed E-state index contributed by atoms with van der Waals surface area (Å²) in [6.07, 6.45) is 0. The van der Waals surface area contributed by atoms with Gasteiger partial charge in [-0.3, -0.25) is 0 Å². The van der Waals surface area contributed by atoms with Gasteiger partial charge in [0.1, 0.15) is 16.4 Å². The van der Waals surface area contributed by atoms with Gasteiger partial charge in [-0.2, -0.15) is 4.31 Å². The molecule has 0 aliphatic rings. The molecule has 0 fully saturated rings. The molecule has 1 atom stereocenters. The van der Waals surface area contributed by atoms with Gasteiger partial charge in [0.2, 0.25) is 10.0 Å². The molecule has 0 N–H and O–H groups in total. The van der Waals surface area contributed by atoms with Crippen LogP contribution in [0.25, 0.3) is 0 Å². The van der Waals surface area contributed by atoms with Crippen LogP contribution < -0.4 is 0 Å². The number of hydrogen-bond donors (Lipinski definition) is 0. The van der Waals surface area contributed by atoms with Gasteiger partial charge in [0, 0.05) is 13.1 Å². The zero-order valence-electron chi connectivity index (χ0n) is 12.7. The highest BCUT2D eigenvalue weighted by atomic mass is 32.2. The van der Waals surface area contributed by atoms with Gasteiger partial charge in [-0.05, 0) is 44.5 Å². The number of nitrogens with zero attached hydrogens (tertiary/aromatic N) is 1. The molecule has 0 saturated carbocycles. The van der Waals surface area contributed by atoms with E-state index in [0.717, 1.165) is 16.4 Å². The maximum Gasteiger partial charge on any atom is 0.246 e. The highest BCUT2D eigenvalue weighted by Gasteiger charge is 2.30. The number of sulfonamides is 1. The van der Waals surface area contributed by atoms with Crippen LogP contribution in [-0.2, 0) is 10.0 Å². The average Bonchev–Trinajstić information content (AvgIpc) is 2.79. The normalized spacial score (nSPS) is 13.6. The summed E-state index contributed by atoms with van der Waals surface area (Å²) in [5, 5.41) is 0. The third-order valence-corrected chi connectivity index (χ3v) is 5.66. The highest BCUT2D eigenvalue weighted by molar-refractivity contribution is 7.89. The smallest absolute Gasteiger partial charge is 0.246 e. The summed E-state index contributed by atoms with van der Waals surface area (Å²) >= 11 is 0. The van der Waals surface area contributed by atoms with Crippen molar-refractivity contribution in [2.24, 2.45) is 0 Å². The Hall–Kier alpha value is -1.73. The molecule has 2 rings (SSSR count). The molecular weight excluding hydrogens is 312 g/mol. The second-order valence-corrected chi connectivity index (χ2v) is 7.11. The van der Waals surface area contributed by atoms with Gasteiger partial charge < -0.3 is 4.42 Å². The van der Waals surface area contributed by atoms with Crippen molar-refractivity contribution in [3.63, 3.8) is 0 Å². The van der Waals surface area contributed by atoms with Crippen LogP contribution in [0.1, 0.15) is 30.0 Å². The number of benzene rings is 1. The molecule has 0 amide bonds. The van der Waals surface area contributed by atoms with Gasteiger partial charge in [0.05, 0.1) is 0 Å². The number of rotatable bonds is 4. The Kier molecular flexibility index (Phi) is 4.39. The molecule has 0 radical (unpaired) electrons. The van der Waals surface area contributed by atoms with Crippen molar-refractivity contribution in [2.45, 2.75) is 31.7 Å². The van der Waals surface area contributed by atoms with Crippen molar-refractivity contribution in [3.8, 4) is 0 Å². The number of hydrogen-bond acceptors (Lipinski definition) is 3. The van der Waals surface area contributed by atoms with Crippen molar-refractivity contribution < 1.29 is 21.6 Å².